The summed E-state index contributed by atoms with van der Waals surface area (Å²) in [6.07, 6.45) is 0.995. The van der Waals surface area contributed by atoms with E-state index >= 15 is 0 Å². The minimum atomic E-state index is -1.20. The molecule has 23 heavy (non-hydrogen) atoms. The quantitative estimate of drug-likeness (QED) is 0.568. The Hall–Kier alpha value is -2.50. The van der Waals surface area contributed by atoms with Crippen molar-refractivity contribution in [3.63, 3.8) is 0 Å². The van der Waals surface area contributed by atoms with Crippen LogP contribution in [0.5, 0.6) is 0 Å². The Morgan fingerprint density at radius 2 is 1.74 bits per heavy atom. The van der Waals surface area contributed by atoms with Crippen LogP contribution in [0.3, 0.4) is 0 Å². The Labute approximate surface area is 142 Å². The zero-order valence-electron chi connectivity index (χ0n) is 11.7. The van der Waals surface area contributed by atoms with Crippen molar-refractivity contribution in [1.29, 1.82) is 0 Å². The molecule has 0 fully saturated rings. The van der Waals surface area contributed by atoms with E-state index in [4.69, 9.17) is 23.2 Å². The number of carbonyl (C=O) groups is 2. The first-order valence-corrected chi connectivity index (χ1v) is 7.24. The molecule has 0 saturated heterocycles. The Morgan fingerprint density at radius 3 is 2.35 bits per heavy atom. The maximum Gasteiger partial charge on any atom is 0.336 e. The van der Waals surface area contributed by atoms with Crippen LogP contribution in [0.2, 0.25) is 10.0 Å². The zero-order valence-corrected chi connectivity index (χ0v) is 13.2. The van der Waals surface area contributed by atoms with Gasteiger partial charge in [-0.05, 0) is 23.8 Å². The third-order valence-electron chi connectivity index (χ3n) is 2.84. The summed E-state index contributed by atoms with van der Waals surface area (Å²) in [5.41, 5.74) is 5.72. The number of carbonyl (C=O) groups excluding carboxylic acids is 1. The van der Waals surface area contributed by atoms with Gasteiger partial charge in [0.1, 0.15) is 0 Å². The van der Waals surface area contributed by atoms with Gasteiger partial charge in [0.05, 0.1) is 16.3 Å². The van der Waals surface area contributed by atoms with Crippen LogP contribution in [0.15, 0.2) is 54.6 Å². The number of amides is 1. The highest BCUT2D eigenvalue weighted by Gasteiger charge is 2.12. The second-order valence-corrected chi connectivity index (χ2v) is 5.31. The van der Waals surface area contributed by atoms with Crippen LogP contribution in [-0.4, -0.2) is 17.0 Å². The highest BCUT2D eigenvalue weighted by molar-refractivity contribution is 6.36. The molecule has 3 N–H and O–H groups in total. The maximum absolute atomic E-state index is 11.9. The molecular formula is C16H12Cl2N2O3. The number of rotatable bonds is 5. The zero-order chi connectivity index (χ0) is 16.8. The smallest absolute Gasteiger partial charge is 0.336 e. The number of nitrogens with one attached hydrogen (secondary N) is 2. The highest BCUT2D eigenvalue weighted by atomic mass is 35.5. The van der Waals surface area contributed by atoms with Gasteiger partial charge in [-0.25, -0.2) is 4.79 Å². The number of hydrogen-bond donors (Lipinski definition) is 3. The van der Waals surface area contributed by atoms with E-state index in [2.05, 4.69) is 10.9 Å². The Morgan fingerprint density at radius 1 is 1.04 bits per heavy atom. The largest absolute Gasteiger partial charge is 0.478 e. The second kappa shape index (κ2) is 7.67. The van der Waals surface area contributed by atoms with Gasteiger partial charge in [-0.3, -0.25) is 15.6 Å². The van der Waals surface area contributed by atoms with Gasteiger partial charge < -0.3 is 5.11 Å². The number of hydrogen-bond acceptors (Lipinski definition) is 3. The van der Waals surface area contributed by atoms with E-state index in [0.717, 1.165) is 6.08 Å². The lowest BCUT2D eigenvalue weighted by atomic mass is 10.1. The summed E-state index contributed by atoms with van der Waals surface area (Å²) in [5, 5.41) is 10.0. The van der Waals surface area contributed by atoms with Crippen molar-refractivity contribution >= 4 is 46.3 Å². The van der Waals surface area contributed by atoms with Crippen molar-refractivity contribution < 1.29 is 14.7 Å². The lowest BCUT2D eigenvalue weighted by Crippen LogP contribution is -2.28. The number of carboxylic acid groups (broad SMARTS) is 1. The standard InChI is InChI=1S/C16H12Cl2N2O3/c17-11-6-7-14(13(18)8-11)19-20-15(21)9-12(16(22)23)10-4-2-1-3-5-10/h1-9,19H,(H,20,21)(H,22,23). The van der Waals surface area contributed by atoms with Crippen molar-refractivity contribution in [3.8, 4) is 0 Å². The topological polar surface area (TPSA) is 78.4 Å². The third-order valence-corrected chi connectivity index (χ3v) is 3.39. The fourth-order valence-corrected chi connectivity index (χ4v) is 2.23. The third kappa shape index (κ3) is 4.74. The Kier molecular flexibility index (Phi) is 5.62. The molecule has 7 heteroatoms. The van der Waals surface area contributed by atoms with E-state index in [0.29, 0.717) is 21.3 Å². The molecule has 2 rings (SSSR count). The maximum atomic E-state index is 11.9. The first-order chi connectivity index (χ1) is 11.0. The lowest BCUT2D eigenvalue weighted by molar-refractivity contribution is -0.130. The summed E-state index contributed by atoms with van der Waals surface area (Å²) >= 11 is 11.7. The van der Waals surface area contributed by atoms with E-state index in [1.807, 2.05) is 0 Å². The van der Waals surface area contributed by atoms with Gasteiger partial charge in [0.2, 0.25) is 0 Å². The number of anilines is 1. The summed E-state index contributed by atoms with van der Waals surface area (Å²) in [4.78, 5) is 23.2. The van der Waals surface area contributed by atoms with Crippen molar-refractivity contribution in [3.05, 3.63) is 70.2 Å². The minimum Gasteiger partial charge on any atom is -0.478 e. The summed E-state index contributed by atoms with van der Waals surface area (Å²) in [5.74, 6) is -1.83. The van der Waals surface area contributed by atoms with Crippen LogP contribution in [-0.2, 0) is 9.59 Å². The lowest BCUT2D eigenvalue weighted by Gasteiger charge is -2.09. The summed E-state index contributed by atoms with van der Waals surface area (Å²) in [6.45, 7) is 0. The van der Waals surface area contributed by atoms with Crippen molar-refractivity contribution in [2.45, 2.75) is 0 Å². The fourth-order valence-electron chi connectivity index (χ4n) is 1.77. The number of carboxylic acids is 1. The molecule has 0 spiro atoms. The van der Waals surface area contributed by atoms with E-state index in [1.165, 1.54) is 6.07 Å². The molecule has 1 amide bonds. The highest BCUT2D eigenvalue weighted by Crippen LogP contribution is 2.24. The number of benzene rings is 2. The number of hydrazine groups is 1. The molecule has 0 aliphatic heterocycles. The molecule has 0 heterocycles. The number of halogens is 2. The van der Waals surface area contributed by atoms with Crippen LogP contribution in [0.4, 0.5) is 5.69 Å². The van der Waals surface area contributed by atoms with Gasteiger partial charge in [0, 0.05) is 11.1 Å². The van der Waals surface area contributed by atoms with Crippen molar-refractivity contribution in [2.24, 2.45) is 0 Å². The molecule has 0 radical (unpaired) electrons. The molecule has 0 aliphatic rings. The second-order valence-electron chi connectivity index (χ2n) is 4.47. The van der Waals surface area contributed by atoms with E-state index < -0.39 is 11.9 Å². The summed E-state index contributed by atoms with van der Waals surface area (Å²) < 4.78 is 0. The molecule has 2 aromatic carbocycles. The average molecular weight is 351 g/mol. The first-order valence-electron chi connectivity index (χ1n) is 6.49. The van der Waals surface area contributed by atoms with E-state index in [9.17, 15) is 14.7 Å². The Balaban J connectivity index is 2.11. The molecule has 0 unspecified atom stereocenters. The SMILES string of the molecule is O=C(C=C(C(=O)O)c1ccccc1)NNc1ccc(Cl)cc1Cl. The molecule has 2 aromatic rings. The van der Waals surface area contributed by atoms with Crippen LogP contribution < -0.4 is 10.9 Å². The molecule has 0 bridgehead atoms. The van der Waals surface area contributed by atoms with Gasteiger partial charge in [-0.15, -0.1) is 0 Å². The molecule has 118 valence electrons. The average Bonchev–Trinajstić information content (AvgIpc) is 2.52. The molecular weight excluding hydrogens is 339 g/mol. The summed E-state index contributed by atoms with van der Waals surface area (Å²) in [7, 11) is 0. The van der Waals surface area contributed by atoms with Gasteiger partial charge in [-0.2, -0.15) is 0 Å². The molecule has 0 saturated carbocycles. The number of aliphatic carboxylic acids is 1. The monoisotopic (exact) mass is 350 g/mol. The minimum absolute atomic E-state index is 0.118. The van der Waals surface area contributed by atoms with Gasteiger partial charge in [0.25, 0.3) is 5.91 Å². The van der Waals surface area contributed by atoms with Crippen LogP contribution in [0.1, 0.15) is 5.56 Å². The molecule has 0 atom stereocenters. The predicted octanol–water partition coefficient (Wildman–Crippen LogP) is 3.60. The summed E-state index contributed by atoms with van der Waals surface area (Å²) in [6, 6.07) is 13.1. The van der Waals surface area contributed by atoms with Crippen LogP contribution >= 0.6 is 23.2 Å². The fraction of sp³-hybridized carbons (Fsp3) is 0. The van der Waals surface area contributed by atoms with Crippen LogP contribution in [0, 0.1) is 0 Å². The molecule has 5 nitrogen and oxygen atoms in total. The Bertz CT molecular complexity index is 761. The van der Waals surface area contributed by atoms with Crippen molar-refractivity contribution in [1.82, 2.24) is 5.43 Å². The molecule has 0 aromatic heterocycles. The normalized spacial score (nSPS) is 11.0. The van der Waals surface area contributed by atoms with E-state index in [-0.39, 0.29) is 5.57 Å². The van der Waals surface area contributed by atoms with Gasteiger partial charge in [-0.1, -0.05) is 53.5 Å². The van der Waals surface area contributed by atoms with E-state index in [1.54, 1.807) is 42.5 Å². The van der Waals surface area contributed by atoms with Gasteiger partial charge in [0.15, 0.2) is 0 Å². The van der Waals surface area contributed by atoms with Crippen molar-refractivity contribution in [2.75, 3.05) is 5.43 Å². The molecule has 0 aliphatic carbocycles. The first kappa shape index (κ1) is 16.9. The van der Waals surface area contributed by atoms with Crippen LogP contribution in [0.25, 0.3) is 5.57 Å². The predicted molar refractivity (Wildman–Crippen MR) is 90.3 cm³/mol. The van der Waals surface area contributed by atoms with Gasteiger partial charge >= 0.3 is 5.97 Å².